The average Bonchev–Trinajstić information content (AvgIpc) is 3.15. The molecule has 3 rings (SSSR count). The van der Waals surface area contributed by atoms with Crippen molar-refractivity contribution in [2.24, 2.45) is 0 Å². The first-order valence-corrected chi connectivity index (χ1v) is 8.94. The van der Waals surface area contributed by atoms with Crippen molar-refractivity contribution in [3.8, 4) is 22.8 Å². The Bertz CT molecular complexity index is 928. The lowest BCUT2D eigenvalue weighted by Gasteiger charge is -2.10. The van der Waals surface area contributed by atoms with E-state index in [4.69, 9.17) is 9.47 Å². The zero-order valence-electron chi connectivity index (χ0n) is 14.8. The minimum Gasteiger partial charge on any atom is -0.493 e. The molecule has 0 atom stereocenters. The molecule has 2 N–H and O–H groups in total. The summed E-state index contributed by atoms with van der Waals surface area (Å²) in [6.07, 6.45) is 0. The third-order valence-electron chi connectivity index (χ3n) is 3.77. The van der Waals surface area contributed by atoms with Gasteiger partial charge in [0.2, 0.25) is 0 Å². The SMILES string of the molecule is COc1ccc(CNC(=O)Nc2nc(-c3ccc(F)cc3)cs2)cc1OC. The van der Waals surface area contributed by atoms with Crippen molar-refractivity contribution in [3.63, 3.8) is 0 Å². The van der Waals surface area contributed by atoms with Crippen molar-refractivity contribution >= 4 is 22.5 Å². The summed E-state index contributed by atoms with van der Waals surface area (Å²) in [5, 5.41) is 7.72. The molecule has 0 aliphatic heterocycles. The largest absolute Gasteiger partial charge is 0.493 e. The van der Waals surface area contributed by atoms with E-state index in [2.05, 4.69) is 15.6 Å². The predicted octanol–water partition coefficient (Wildman–Crippen LogP) is 4.29. The van der Waals surface area contributed by atoms with Gasteiger partial charge in [-0.1, -0.05) is 6.07 Å². The van der Waals surface area contributed by atoms with Crippen LogP contribution in [0, 0.1) is 5.82 Å². The Kier molecular flexibility index (Phi) is 5.87. The Hall–Kier alpha value is -3.13. The van der Waals surface area contributed by atoms with Crippen molar-refractivity contribution < 1.29 is 18.7 Å². The Morgan fingerprint density at radius 3 is 2.56 bits per heavy atom. The Morgan fingerprint density at radius 1 is 1.11 bits per heavy atom. The first kappa shape index (κ1) is 18.7. The zero-order chi connectivity index (χ0) is 19.2. The van der Waals surface area contributed by atoms with Gasteiger partial charge in [0.25, 0.3) is 0 Å². The van der Waals surface area contributed by atoms with Crippen molar-refractivity contribution in [1.82, 2.24) is 10.3 Å². The quantitative estimate of drug-likeness (QED) is 0.662. The van der Waals surface area contributed by atoms with E-state index < -0.39 is 0 Å². The lowest BCUT2D eigenvalue weighted by Crippen LogP contribution is -2.28. The standard InChI is InChI=1S/C19H18FN3O3S/c1-25-16-8-3-12(9-17(16)26-2)10-21-18(24)23-19-22-15(11-27-19)13-4-6-14(20)7-5-13/h3-9,11H,10H2,1-2H3,(H2,21,22,23,24). The van der Waals surface area contributed by atoms with Crippen LogP contribution in [-0.2, 0) is 6.54 Å². The Labute approximate surface area is 160 Å². The molecule has 0 aliphatic carbocycles. The number of carbonyl (C=O) groups is 1. The molecule has 2 amide bonds. The van der Waals surface area contributed by atoms with Crippen LogP contribution in [-0.4, -0.2) is 25.2 Å². The summed E-state index contributed by atoms with van der Waals surface area (Å²) in [6, 6.07) is 11.1. The molecule has 0 saturated heterocycles. The van der Waals surface area contributed by atoms with E-state index in [0.29, 0.717) is 28.9 Å². The number of methoxy groups -OCH3 is 2. The third-order valence-corrected chi connectivity index (χ3v) is 4.52. The van der Waals surface area contributed by atoms with Crippen LogP contribution in [0.15, 0.2) is 47.8 Å². The van der Waals surface area contributed by atoms with Gasteiger partial charge in [-0.25, -0.2) is 14.2 Å². The van der Waals surface area contributed by atoms with Crippen LogP contribution >= 0.6 is 11.3 Å². The molecule has 3 aromatic rings. The summed E-state index contributed by atoms with van der Waals surface area (Å²) < 4.78 is 23.4. The summed E-state index contributed by atoms with van der Waals surface area (Å²) >= 11 is 1.30. The number of hydrogen-bond acceptors (Lipinski definition) is 5. The normalized spacial score (nSPS) is 10.3. The number of thiazole rings is 1. The second kappa shape index (κ2) is 8.50. The smallest absolute Gasteiger partial charge is 0.321 e. The number of ether oxygens (including phenoxy) is 2. The van der Waals surface area contributed by atoms with Gasteiger partial charge in [-0.3, -0.25) is 5.32 Å². The van der Waals surface area contributed by atoms with Crippen LogP contribution in [0.1, 0.15) is 5.56 Å². The fraction of sp³-hybridized carbons (Fsp3) is 0.158. The number of nitrogens with one attached hydrogen (secondary N) is 2. The fourth-order valence-electron chi connectivity index (χ4n) is 2.40. The molecule has 0 unspecified atom stereocenters. The number of carbonyl (C=O) groups excluding carboxylic acids is 1. The molecular weight excluding hydrogens is 369 g/mol. The molecule has 140 valence electrons. The first-order chi connectivity index (χ1) is 13.1. The second-order valence-electron chi connectivity index (χ2n) is 5.54. The lowest BCUT2D eigenvalue weighted by molar-refractivity contribution is 0.251. The van der Waals surface area contributed by atoms with E-state index in [1.54, 1.807) is 43.9 Å². The van der Waals surface area contributed by atoms with Gasteiger partial charge in [-0.05, 0) is 42.0 Å². The number of amides is 2. The summed E-state index contributed by atoms with van der Waals surface area (Å²) in [5.41, 5.74) is 2.33. The summed E-state index contributed by atoms with van der Waals surface area (Å²) in [5.74, 6) is 0.921. The molecule has 0 fully saturated rings. The topological polar surface area (TPSA) is 72.5 Å². The fourth-order valence-corrected chi connectivity index (χ4v) is 3.11. The van der Waals surface area contributed by atoms with E-state index in [1.807, 2.05) is 6.07 Å². The van der Waals surface area contributed by atoms with Gasteiger partial charge in [0.1, 0.15) is 5.82 Å². The molecule has 2 aromatic carbocycles. The highest BCUT2D eigenvalue weighted by molar-refractivity contribution is 7.14. The molecule has 0 bridgehead atoms. The van der Waals surface area contributed by atoms with Crippen molar-refractivity contribution in [1.29, 1.82) is 0 Å². The lowest BCUT2D eigenvalue weighted by atomic mass is 10.2. The maximum absolute atomic E-state index is 13.0. The summed E-state index contributed by atoms with van der Waals surface area (Å²) in [4.78, 5) is 16.4. The van der Waals surface area contributed by atoms with Gasteiger partial charge in [0.05, 0.1) is 19.9 Å². The van der Waals surface area contributed by atoms with E-state index in [9.17, 15) is 9.18 Å². The van der Waals surface area contributed by atoms with Crippen LogP contribution in [0.4, 0.5) is 14.3 Å². The summed E-state index contributed by atoms with van der Waals surface area (Å²) in [6.45, 7) is 0.322. The number of rotatable bonds is 6. The molecule has 0 saturated carbocycles. The van der Waals surface area contributed by atoms with Crippen LogP contribution in [0.3, 0.4) is 0 Å². The van der Waals surface area contributed by atoms with E-state index in [-0.39, 0.29) is 11.8 Å². The Balaban J connectivity index is 1.58. The second-order valence-corrected chi connectivity index (χ2v) is 6.40. The zero-order valence-corrected chi connectivity index (χ0v) is 15.6. The minimum atomic E-state index is -0.371. The first-order valence-electron chi connectivity index (χ1n) is 8.06. The number of hydrogen-bond donors (Lipinski definition) is 2. The molecule has 0 radical (unpaired) electrons. The number of halogens is 1. The van der Waals surface area contributed by atoms with Crippen LogP contribution in [0.2, 0.25) is 0 Å². The van der Waals surface area contributed by atoms with E-state index >= 15 is 0 Å². The van der Waals surface area contributed by atoms with Gasteiger partial charge in [-0.15, -0.1) is 11.3 Å². The number of urea groups is 1. The molecule has 0 spiro atoms. The van der Waals surface area contributed by atoms with E-state index in [1.165, 1.54) is 23.5 Å². The van der Waals surface area contributed by atoms with Gasteiger partial charge >= 0.3 is 6.03 Å². The predicted molar refractivity (Wildman–Crippen MR) is 103 cm³/mol. The molecule has 8 heteroatoms. The van der Waals surface area contributed by atoms with Crippen molar-refractivity contribution in [3.05, 3.63) is 59.2 Å². The molecule has 1 aromatic heterocycles. The van der Waals surface area contributed by atoms with Crippen LogP contribution in [0.25, 0.3) is 11.3 Å². The van der Waals surface area contributed by atoms with Crippen LogP contribution in [0.5, 0.6) is 11.5 Å². The van der Waals surface area contributed by atoms with Crippen molar-refractivity contribution in [2.75, 3.05) is 19.5 Å². The average molecular weight is 387 g/mol. The number of aromatic nitrogens is 1. The number of anilines is 1. The molecule has 6 nitrogen and oxygen atoms in total. The molecule has 27 heavy (non-hydrogen) atoms. The Morgan fingerprint density at radius 2 is 1.85 bits per heavy atom. The van der Waals surface area contributed by atoms with Gasteiger partial charge in [0, 0.05) is 17.5 Å². The highest BCUT2D eigenvalue weighted by atomic mass is 32.1. The highest BCUT2D eigenvalue weighted by Crippen LogP contribution is 2.27. The minimum absolute atomic E-state index is 0.304. The van der Waals surface area contributed by atoms with E-state index in [0.717, 1.165) is 11.1 Å². The monoisotopic (exact) mass is 387 g/mol. The molecular formula is C19H18FN3O3S. The summed E-state index contributed by atoms with van der Waals surface area (Å²) in [7, 11) is 3.13. The van der Waals surface area contributed by atoms with Gasteiger partial charge < -0.3 is 14.8 Å². The van der Waals surface area contributed by atoms with Crippen molar-refractivity contribution in [2.45, 2.75) is 6.54 Å². The van der Waals surface area contributed by atoms with Gasteiger partial charge in [-0.2, -0.15) is 0 Å². The van der Waals surface area contributed by atoms with Gasteiger partial charge in [0.15, 0.2) is 16.6 Å². The maximum atomic E-state index is 13.0. The molecule has 1 heterocycles. The number of nitrogens with zero attached hydrogens (tertiary/aromatic N) is 1. The highest BCUT2D eigenvalue weighted by Gasteiger charge is 2.09. The maximum Gasteiger partial charge on any atom is 0.321 e. The number of benzene rings is 2. The molecule has 0 aliphatic rings. The third kappa shape index (κ3) is 4.73. The van der Waals surface area contributed by atoms with Crippen LogP contribution < -0.4 is 20.1 Å².